The summed E-state index contributed by atoms with van der Waals surface area (Å²) in [6, 6.07) is 3.75. The molecule has 3 rings (SSSR count). The Balaban J connectivity index is 2.03. The number of hydrogen-bond donors (Lipinski definition) is 2. The van der Waals surface area contributed by atoms with Gasteiger partial charge in [-0.25, -0.2) is 4.98 Å². The minimum absolute atomic E-state index is 0.446. The van der Waals surface area contributed by atoms with Gasteiger partial charge in [-0.1, -0.05) is 16.5 Å². The lowest BCUT2D eigenvalue weighted by atomic mass is 10.4. The van der Waals surface area contributed by atoms with Crippen LogP contribution >= 0.6 is 11.3 Å². The minimum Gasteiger partial charge on any atom is -0.375 e. The second kappa shape index (κ2) is 3.70. The number of aryl methyl sites for hydroxylation is 1. The number of thiazole rings is 1. The van der Waals surface area contributed by atoms with Crippen molar-refractivity contribution in [2.75, 3.05) is 5.73 Å². The van der Waals surface area contributed by atoms with Gasteiger partial charge in [-0.2, -0.15) is 4.98 Å². The number of aromatic nitrogens is 4. The van der Waals surface area contributed by atoms with Crippen molar-refractivity contribution in [2.24, 2.45) is 0 Å². The number of nitrogens with one attached hydrogen (secondary N) is 1. The Hall–Kier alpha value is -2.15. The third-order valence-corrected chi connectivity index (χ3v) is 3.25. The topological polar surface area (TPSA) is 93.6 Å². The van der Waals surface area contributed by atoms with Crippen LogP contribution in [0.1, 0.15) is 5.69 Å². The van der Waals surface area contributed by atoms with E-state index in [9.17, 15) is 0 Å². The summed E-state index contributed by atoms with van der Waals surface area (Å²) in [7, 11) is 0. The Kier molecular flexibility index (Phi) is 2.19. The molecule has 0 aliphatic rings. The van der Waals surface area contributed by atoms with E-state index in [-0.39, 0.29) is 0 Å². The second-order valence-corrected chi connectivity index (χ2v) is 4.50. The maximum atomic E-state index is 5.63. The predicted octanol–water partition coefficient (Wildman–Crippen LogP) is 2.08. The molecule has 17 heavy (non-hydrogen) atoms. The van der Waals surface area contributed by atoms with Crippen LogP contribution in [0, 0.1) is 6.92 Å². The van der Waals surface area contributed by atoms with Gasteiger partial charge in [0, 0.05) is 6.20 Å². The molecule has 0 saturated carbocycles. The molecule has 0 bridgehead atoms. The third-order valence-electron chi connectivity index (χ3n) is 2.27. The molecule has 0 spiro atoms. The number of hydrogen-bond acceptors (Lipinski definition) is 6. The summed E-state index contributed by atoms with van der Waals surface area (Å²) >= 11 is 1.34. The zero-order valence-electron chi connectivity index (χ0n) is 8.97. The van der Waals surface area contributed by atoms with Gasteiger partial charge >= 0.3 is 0 Å². The Morgan fingerprint density at radius 3 is 2.94 bits per heavy atom. The highest BCUT2D eigenvalue weighted by Crippen LogP contribution is 2.30. The van der Waals surface area contributed by atoms with Crippen molar-refractivity contribution in [3.05, 3.63) is 24.0 Å². The van der Waals surface area contributed by atoms with Gasteiger partial charge in [0.1, 0.15) is 4.88 Å². The third kappa shape index (κ3) is 1.70. The van der Waals surface area contributed by atoms with E-state index >= 15 is 0 Å². The molecular weight excluding hydrogens is 238 g/mol. The fourth-order valence-corrected chi connectivity index (χ4v) is 2.27. The largest absolute Gasteiger partial charge is 0.375 e. The van der Waals surface area contributed by atoms with E-state index < -0.39 is 0 Å². The molecular formula is C10H9N5OS. The van der Waals surface area contributed by atoms with Crippen molar-refractivity contribution in [1.82, 2.24) is 20.1 Å². The van der Waals surface area contributed by atoms with E-state index in [1.807, 2.05) is 19.1 Å². The molecule has 0 saturated heterocycles. The molecule has 3 N–H and O–H groups in total. The van der Waals surface area contributed by atoms with Gasteiger partial charge in [0.15, 0.2) is 5.13 Å². The molecule has 0 amide bonds. The standard InChI is InChI=1S/C10H9N5OS/c1-5-7(17-10(11)13-5)9-14-8(15-16-9)6-3-2-4-12-6/h2-4,12H,1H3,(H2,11,13). The number of nitrogens with two attached hydrogens (primary N) is 1. The lowest BCUT2D eigenvalue weighted by molar-refractivity contribution is 0.433. The molecule has 3 heterocycles. The molecule has 3 aromatic heterocycles. The van der Waals surface area contributed by atoms with Crippen LogP contribution < -0.4 is 5.73 Å². The number of nitrogens with zero attached hydrogens (tertiary/aromatic N) is 3. The SMILES string of the molecule is Cc1nc(N)sc1-c1nc(-c2ccc[nH]2)no1. The fraction of sp³-hybridized carbons (Fsp3) is 0.100. The molecule has 3 aromatic rings. The normalized spacial score (nSPS) is 10.9. The molecule has 7 heteroatoms. The van der Waals surface area contributed by atoms with Gasteiger partial charge in [-0.05, 0) is 19.1 Å². The highest BCUT2D eigenvalue weighted by molar-refractivity contribution is 7.18. The second-order valence-electron chi connectivity index (χ2n) is 3.47. The van der Waals surface area contributed by atoms with Crippen LogP contribution in [-0.2, 0) is 0 Å². The average molecular weight is 247 g/mol. The fourth-order valence-electron chi connectivity index (χ4n) is 1.51. The summed E-state index contributed by atoms with van der Waals surface area (Å²) < 4.78 is 5.20. The number of aromatic amines is 1. The highest BCUT2D eigenvalue weighted by atomic mass is 32.1. The van der Waals surface area contributed by atoms with Gasteiger partial charge in [0.05, 0.1) is 11.4 Å². The quantitative estimate of drug-likeness (QED) is 0.723. The maximum absolute atomic E-state index is 5.63. The Morgan fingerprint density at radius 1 is 1.41 bits per heavy atom. The van der Waals surface area contributed by atoms with E-state index in [1.54, 1.807) is 6.20 Å². The zero-order valence-corrected chi connectivity index (χ0v) is 9.78. The first kappa shape index (κ1) is 10.0. The van der Waals surface area contributed by atoms with E-state index in [1.165, 1.54) is 11.3 Å². The Morgan fingerprint density at radius 2 is 2.29 bits per heavy atom. The molecule has 6 nitrogen and oxygen atoms in total. The van der Waals surface area contributed by atoms with Crippen molar-refractivity contribution in [2.45, 2.75) is 6.92 Å². The molecule has 0 aliphatic carbocycles. The van der Waals surface area contributed by atoms with Crippen LogP contribution in [-0.4, -0.2) is 20.1 Å². The summed E-state index contributed by atoms with van der Waals surface area (Å²) in [5.41, 5.74) is 7.24. The zero-order chi connectivity index (χ0) is 11.8. The minimum atomic E-state index is 0.446. The molecule has 0 atom stereocenters. The summed E-state index contributed by atoms with van der Waals surface area (Å²) in [4.78, 5) is 12.3. The lowest BCUT2D eigenvalue weighted by Gasteiger charge is -1.87. The van der Waals surface area contributed by atoms with Gasteiger partial charge in [-0.15, -0.1) is 0 Å². The molecule has 0 fully saturated rings. The smallest absolute Gasteiger partial charge is 0.270 e. The number of rotatable bonds is 2. The van der Waals surface area contributed by atoms with Crippen LogP contribution in [0.25, 0.3) is 22.3 Å². The number of H-pyrrole nitrogens is 1. The lowest BCUT2D eigenvalue weighted by Crippen LogP contribution is -1.81. The van der Waals surface area contributed by atoms with Gasteiger partial charge < -0.3 is 15.2 Å². The van der Waals surface area contributed by atoms with Crippen LogP contribution in [0.3, 0.4) is 0 Å². The molecule has 0 aliphatic heterocycles. The monoisotopic (exact) mass is 247 g/mol. The number of nitrogen functional groups attached to an aromatic ring is 1. The van der Waals surface area contributed by atoms with Crippen LogP contribution in [0.2, 0.25) is 0 Å². The van der Waals surface area contributed by atoms with E-state index in [0.29, 0.717) is 16.8 Å². The van der Waals surface area contributed by atoms with Crippen molar-refractivity contribution in [3.8, 4) is 22.3 Å². The maximum Gasteiger partial charge on any atom is 0.270 e. The molecule has 0 aromatic carbocycles. The van der Waals surface area contributed by atoms with E-state index in [2.05, 4.69) is 20.1 Å². The summed E-state index contributed by atoms with van der Waals surface area (Å²) in [6.07, 6.45) is 1.81. The first-order valence-electron chi connectivity index (χ1n) is 4.95. The summed E-state index contributed by atoms with van der Waals surface area (Å²) in [5.74, 6) is 0.970. The molecule has 0 unspecified atom stereocenters. The summed E-state index contributed by atoms with van der Waals surface area (Å²) in [6.45, 7) is 1.86. The van der Waals surface area contributed by atoms with E-state index in [4.69, 9.17) is 10.3 Å². The number of anilines is 1. The first-order chi connectivity index (χ1) is 8.24. The Bertz CT molecular complexity index is 640. The van der Waals surface area contributed by atoms with Gasteiger partial charge in [0.2, 0.25) is 5.82 Å². The van der Waals surface area contributed by atoms with Crippen molar-refractivity contribution < 1.29 is 4.52 Å². The molecule has 0 radical (unpaired) electrons. The van der Waals surface area contributed by atoms with Crippen LogP contribution in [0.15, 0.2) is 22.9 Å². The van der Waals surface area contributed by atoms with Gasteiger partial charge in [0.25, 0.3) is 5.89 Å². The predicted molar refractivity (Wildman–Crippen MR) is 64.3 cm³/mol. The van der Waals surface area contributed by atoms with E-state index in [0.717, 1.165) is 16.3 Å². The van der Waals surface area contributed by atoms with Crippen LogP contribution in [0.5, 0.6) is 0 Å². The van der Waals surface area contributed by atoms with Gasteiger partial charge in [-0.3, -0.25) is 0 Å². The summed E-state index contributed by atoms with van der Waals surface area (Å²) in [5, 5.41) is 4.40. The first-order valence-corrected chi connectivity index (χ1v) is 5.76. The Labute approximate surface area is 101 Å². The average Bonchev–Trinajstić information content (AvgIpc) is 2.97. The highest BCUT2D eigenvalue weighted by Gasteiger charge is 2.16. The van der Waals surface area contributed by atoms with Crippen molar-refractivity contribution in [3.63, 3.8) is 0 Å². The van der Waals surface area contributed by atoms with Crippen molar-refractivity contribution in [1.29, 1.82) is 0 Å². The molecule has 86 valence electrons. The van der Waals surface area contributed by atoms with Crippen LogP contribution in [0.4, 0.5) is 5.13 Å². The van der Waals surface area contributed by atoms with Crippen molar-refractivity contribution >= 4 is 16.5 Å².